The van der Waals surface area contributed by atoms with Crippen LogP contribution in [-0.2, 0) is 17.6 Å². The molecule has 2 rings (SSSR count). The number of fused-ring (bicyclic) bond motifs is 1. The molecule has 0 bridgehead atoms. The van der Waals surface area contributed by atoms with Crippen molar-refractivity contribution in [1.82, 2.24) is 14.6 Å². The van der Waals surface area contributed by atoms with Gasteiger partial charge in [0.2, 0.25) is 0 Å². The minimum atomic E-state index is -0.857. The number of aromatic nitrogens is 3. The van der Waals surface area contributed by atoms with E-state index in [-0.39, 0.29) is 6.42 Å². The first-order valence-corrected chi connectivity index (χ1v) is 4.75. The Morgan fingerprint density at radius 3 is 3.00 bits per heavy atom. The van der Waals surface area contributed by atoms with Crippen LogP contribution in [0.3, 0.4) is 0 Å². The maximum Gasteiger partial charge on any atom is 0.307 e. The van der Waals surface area contributed by atoms with Crippen LogP contribution >= 0.6 is 0 Å². The molecular formula is C10H11N3O2. The normalized spacial score (nSPS) is 10.7. The third-order valence-corrected chi connectivity index (χ3v) is 2.24. The number of nitrogens with zero attached hydrogens (tertiary/aromatic N) is 3. The molecule has 0 aliphatic rings. The molecule has 5 nitrogen and oxygen atoms in total. The van der Waals surface area contributed by atoms with Gasteiger partial charge in [-0.3, -0.25) is 9.20 Å². The van der Waals surface area contributed by atoms with Crippen LogP contribution in [0.25, 0.3) is 5.65 Å². The SMILES string of the molecule is CCc1nnc2c(CC(=O)O)cccn12. The van der Waals surface area contributed by atoms with Crippen LogP contribution in [0.15, 0.2) is 18.3 Å². The predicted molar refractivity (Wildman–Crippen MR) is 53.7 cm³/mol. The van der Waals surface area contributed by atoms with E-state index in [4.69, 9.17) is 5.11 Å². The quantitative estimate of drug-likeness (QED) is 0.809. The number of hydrogen-bond acceptors (Lipinski definition) is 3. The molecule has 15 heavy (non-hydrogen) atoms. The standard InChI is InChI=1S/C10H11N3O2/c1-2-8-11-12-10-7(6-9(14)15)4-3-5-13(8)10/h3-5H,2,6H2,1H3,(H,14,15). The van der Waals surface area contributed by atoms with Crippen LogP contribution in [0.2, 0.25) is 0 Å². The van der Waals surface area contributed by atoms with Crippen molar-refractivity contribution in [2.24, 2.45) is 0 Å². The number of carboxylic acids is 1. The highest BCUT2D eigenvalue weighted by Gasteiger charge is 2.09. The van der Waals surface area contributed by atoms with E-state index in [1.807, 2.05) is 23.6 Å². The molecule has 0 unspecified atom stereocenters. The van der Waals surface area contributed by atoms with Crippen LogP contribution in [0.5, 0.6) is 0 Å². The molecule has 0 saturated heterocycles. The lowest BCUT2D eigenvalue weighted by atomic mass is 10.2. The van der Waals surface area contributed by atoms with E-state index < -0.39 is 5.97 Å². The highest BCUT2D eigenvalue weighted by Crippen LogP contribution is 2.11. The zero-order valence-electron chi connectivity index (χ0n) is 8.34. The molecule has 2 heterocycles. The van der Waals surface area contributed by atoms with E-state index in [1.165, 1.54) is 0 Å². The fraction of sp³-hybridized carbons (Fsp3) is 0.300. The van der Waals surface area contributed by atoms with E-state index in [1.54, 1.807) is 6.07 Å². The number of carbonyl (C=O) groups is 1. The second-order valence-electron chi connectivity index (χ2n) is 3.27. The zero-order valence-corrected chi connectivity index (χ0v) is 8.34. The van der Waals surface area contributed by atoms with E-state index in [0.717, 1.165) is 12.2 Å². The van der Waals surface area contributed by atoms with Crippen molar-refractivity contribution < 1.29 is 9.90 Å². The van der Waals surface area contributed by atoms with Crippen molar-refractivity contribution in [3.8, 4) is 0 Å². The predicted octanol–water partition coefficient (Wildman–Crippen LogP) is 0.919. The Kier molecular flexibility index (Phi) is 2.37. The van der Waals surface area contributed by atoms with Gasteiger partial charge in [-0.1, -0.05) is 13.0 Å². The monoisotopic (exact) mass is 205 g/mol. The van der Waals surface area contributed by atoms with E-state index in [2.05, 4.69) is 10.2 Å². The largest absolute Gasteiger partial charge is 0.481 e. The molecule has 2 aromatic rings. The molecule has 78 valence electrons. The Balaban J connectivity index is 2.56. The van der Waals surface area contributed by atoms with Gasteiger partial charge in [0.15, 0.2) is 5.65 Å². The topological polar surface area (TPSA) is 67.5 Å². The summed E-state index contributed by atoms with van der Waals surface area (Å²) in [6.07, 6.45) is 2.60. The lowest BCUT2D eigenvalue weighted by Crippen LogP contribution is -2.02. The average molecular weight is 205 g/mol. The van der Waals surface area contributed by atoms with Crippen LogP contribution in [0.4, 0.5) is 0 Å². The summed E-state index contributed by atoms with van der Waals surface area (Å²) in [6.45, 7) is 1.99. The average Bonchev–Trinajstić information content (AvgIpc) is 2.61. The molecule has 2 aromatic heterocycles. The smallest absolute Gasteiger partial charge is 0.307 e. The lowest BCUT2D eigenvalue weighted by molar-refractivity contribution is -0.136. The number of aryl methyl sites for hydroxylation is 1. The number of rotatable bonds is 3. The Bertz CT molecular complexity index is 504. The number of hydrogen-bond donors (Lipinski definition) is 1. The highest BCUT2D eigenvalue weighted by atomic mass is 16.4. The van der Waals surface area contributed by atoms with Gasteiger partial charge in [0.25, 0.3) is 0 Å². The first kappa shape index (κ1) is 9.64. The third-order valence-electron chi connectivity index (χ3n) is 2.24. The second kappa shape index (κ2) is 3.68. The Morgan fingerprint density at radius 2 is 2.33 bits per heavy atom. The van der Waals surface area contributed by atoms with E-state index >= 15 is 0 Å². The molecule has 0 spiro atoms. The Hall–Kier alpha value is -1.91. The van der Waals surface area contributed by atoms with Crippen molar-refractivity contribution in [2.75, 3.05) is 0 Å². The van der Waals surface area contributed by atoms with Gasteiger partial charge >= 0.3 is 5.97 Å². The molecule has 0 aliphatic carbocycles. The molecule has 0 amide bonds. The molecular weight excluding hydrogens is 194 g/mol. The van der Waals surface area contributed by atoms with E-state index in [9.17, 15) is 4.79 Å². The van der Waals surface area contributed by atoms with Gasteiger partial charge in [-0.05, 0) is 6.07 Å². The summed E-state index contributed by atoms with van der Waals surface area (Å²) in [4.78, 5) is 10.6. The Morgan fingerprint density at radius 1 is 1.53 bits per heavy atom. The minimum Gasteiger partial charge on any atom is -0.481 e. The van der Waals surface area contributed by atoms with Crippen molar-refractivity contribution in [3.05, 3.63) is 29.7 Å². The van der Waals surface area contributed by atoms with Gasteiger partial charge in [-0.15, -0.1) is 10.2 Å². The number of aliphatic carboxylic acids is 1. The van der Waals surface area contributed by atoms with Crippen molar-refractivity contribution in [3.63, 3.8) is 0 Å². The van der Waals surface area contributed by atoms with Crippen LogP contribution in [-0.4, -0.2) is 25.7 Å². The number of pyridine rings is 1. The molecule has 0 aliphatic heterocycles. The third kappa shape index (κ3) is 1.68. The van der Waals surface area contributed by atoms with Crippen LogP contribution in [0.1, 0.15) is 18.3 Å². The zero-order chi connectivity index (χ0) is 10.8. The fourth-order valence-electron chi connectivity index (χ4n) is 1.56. The summed E-state index contributed by atoms with van der Waals surface area (Å²) in [7, 11) is 0. The summed E-state index contributed by atoms with van der Waals surface area (Å²) in [5, 5.41) is 16.7. The lowest BCUT2D eigenvalue weighted by Gasteiger charge is -2.00. The summed E-state index contributed by atoms with van der Waals surface area (Å²) < 4.78 is 1.83. The summed E-state index contributed by atoms with van der Waals surface area (Å²) in [5.74, 6) is -0.0126. The van der Waals surface area contributed by atoms with Gasteiger partial charge in [-0.2, -0.15) is 0 Å². The number of carboxylic acid groups (broad SMARTS) is 1. The van der Waals surface area contributed by atoms with Crippen molar-refractivity contribution >= 4 is 11.6 Å². The van der Waals surface area contributed by atoms with E-state index in [0.29, 0.717) is 11.2 Å². The van der Waals surface area contributed by atoms with Crippen molar-refractivity contribution in [1.29, 1.82) is 0 Å². The maximum absolute atomic E-state index is 10.6. The van der Waals surface area contributed by atoms with Crippen LogP contribution in [0, 0.1) is 0 Å². The van der Waals surface area contributed by atoms with Gasteiger partial charge in [-0.25, -0.2) is 0 Å². The van der Waals surface area contributed by atoms with Crippen LogP contribution < -0.4 is 0 Å². The highest BCUT2D eigenvalue weighted by molar-refractivity contribution is 5.73. The van der Waals surface area contributed by atoms with Crippen molar-refractivity contribution in [2.45, 2.75) is 19.8 Å². The molecule has 5 heteroatoms. The van der Waals surface area contributed by atoms with Gasteiger partial charge in [0, 0.05) is 18.2 Å². The molecule has 0 atom stereocenters. The van der Waals surface area contributed by atoms with Gasteiger partial charge < -0.3 is 5.11 Å². The fourth-order valence-corrected chi connectivity index (χ4v) is 1.56. The van der Waals surface area contributed by atoms with Gasteiger partial charge in [0.1, 0.15) is 5.82 Å². The summed E-state index contributed by atoms with van der Waals surface area (Å²) in [5.41, 5.74) is 1.33. The first-order chi connectivity index (χ1) is 7.22. The summed E-state index contributed by atoms with van der Waals surface area (Å²) in [6, 6.07) is 3.57. The molecule has 0 aromatic carbocycles. The minimum absolute atomic E-state index is 0.0216. The first-order valence-electron chi connectivity index (χ1n) is 4.75. The van der Waals surface area contributed by atoms with Gasteiger partial charge in [0.05, 0.1) is 6.42 Å². The molecule has 1 N–H and O–H groups in total. The molecule has 0 saturated carbocycles. The maximum atomic E-state index is 10.6. The molecule has 0 fully saturated rings. The second-order valence-corrected chi connectivity index (χ2v) is 3.27. The molecule has 0 radical (unpaired) electrons. The summed E-state index contributed by atoms with van der Waals surface area (Å²) >= 11 is 0. The Labute approximate surface area is 86.4 Å².